The minimum atomic E-state index is -4.42. The molecule has 2 heterocycles. The summed E-state index contributed by atoms with van der Waals surface area (Å²) in [5.41, 5.74) is 0. The van der Waals surface area contributed by atoms with Gasteiger partial charge in [0.15, 0.2) is 0 Å². The van der Waals surface area contributed by atoms with Crippen LogP contribution in [0.25, 0.3) is 0 Å². The summed E-state index contributed by atoms with van der Waals surface area (Å²) in [7, 11) is 0. The lowest BCUT2D eigenvalue weighted by atomic mass is 10.2. The van der Waals surface area contributed by atoms with Crippen molar-refractivity contribution in [1.29, 1.82) is 0 Å². The molecule has 0 saturated carbocycles. The molecule has 2 rings (SSSR count). The molecule has 1 atom stereocenters. The summed E-state index contributed by atoms with van der Waals surface area (Å²) in [6.45, 7) is 0.862. The second kappa shape index (κ2) is 6.05. The quantitative estimate of drug-likeness (QED) is 0.866. The highest BCUT2D eigenvalue weighted by Crippen LogP contribution is 2.26. The first kappa shape index (κ1) is 15.8. The van der Waals surface area contributed by atoms with Crippen LogP contribution in [0.3, 0.4) is 0 Å². The zero-order chi connectivity index (χ0) is 15.6. The highest BCUT2D eigenvalue weighted by molar-refractivity contribution is 6.29. The van der Waals surface area contributed by atoms with Crippen LogP contribution in [0.15, 0.2) is 6.07 Å². The fraction of sp³-hybridized carbons (Fsp3) is 0.583. The number of alkyl halides is 3. The smallest absolute Gasteiger partial charge is 0.345 e. The molecule has 0 aliphatic carbocycles. The number of anilines is 1. The third-order valence-corrected chi connectivity index (χ3v) is 3.30. The molecule has 1 aromatic rings. The van der Waals surface area contributed by atoms with E-state index in [4.69, 9.17) is 11.6 Å². The summed E-state index contributed by atoms with van der Waals surface area (Å²) in [6, 6.07) is 0.835. The zero-order valence-corrected chi connectivity index (χ0v) is 12.0. The van der Waals surface area contributed by atoms with Gasteiger partial charge in [0, 0.05) is 12.6 Å². The van der Waals surface area contributed by atoms with E-state index in [0.717, 1.165) is 0 Å². The molecular weight excluding hydrogens is 309 g/mol. The third kappa shape index (κ3) is 4.20. The monoisotopic (exact) mass is 322 g/mol. The topological polar surface area (TPSA) is 58.1 Å². The summed E-state index contributed by atoms with van der Waals surface area (Å²) in [5.74, 6) is 0.244. The van der Waals surface area contributed by atoms with E-state index < -0.39 is 24.7 Å². The Labute approximate surface area is 124 Å². The van der Waals surface area contributed by atoms with E-state index in [1.54, 1.807) is 11.8 Å². The van der Waals surface area contributed by atoms with Crippen molar-refractivity contribution in [2.24, 2.45) is 0 Å². The van der Waals surface area contributed by atoms with Crippen LogP contribution in [0.1, 0.15) is 18.7 Å². The Morgan fingerprint density at radius 2 is 2.24 bits per heavy atom. The maximum Gasteiger partial charge on any atom is 0.405 e. The van der Waals surface area contributed by atoms with Crippen molar-refractivity contribution >= 4 is 23.3 Å². The van der Waals surface area contributed by atoms with E-state index in [2.05, 4.69) is 9.97 Å². The molecule has 1 unspecified atom stereocenters. The fourth-order valence-electron chi connectivity index (χ4n) is 2.28. The Morgan fingerprint density at radius 3 is 2.86 bits per heavy atom. The predicted octanol–water partition coefficient (Wildman–Crippen LogP) is 2.09. The van der Waals surface area contributed by atoms with Crippen molar-refractivity contribution in [3.8, 4) is 0 Å². The number of halogens is 4. The molecule has 0 aromatic carbocycles. The van der Waals surface area contributed by atoms with E-state index in [1.807, 2.05) is 5.32 Å². The van der Waals surface area contributed by atoms with Crippen LogP contribution in [0.4, 0.5) is 19.0 Å². The molecular formula is C12H14ClF3N4O. The van der Waals surface area contributed by atoms with Gasteiger partial charge in [-0.05, 0) is 19.8 Å². The van der Waals surface area contributed by atoms with Crippen molar-refractivity contribution in [3.05, 3.63) is 17.0 Å². The first-order valence-corrected chi connectivity index (χ1v) is 6.76. The highest BCUT2D eigenvalue weighted by atomic mass is 35.5. The van der Waals surface area contributed by atoms with E-state index in [9.17, 15) is 18.0 Å². The molecule has 1 amide bonds. The van der Waals surface area contributed by atoms with Gasteiger partial charge in [0.05, 0.1) is 0 Å². The van der Waals surface area contributed by atoms with Gasteiger partial charge in [0.1, 0.15) is 29.4 Å². The van der Waals surface area contributed by atoms with Crippen molar-refractivity contribution < 1.29 is 18.0 Å². The number of carbonyl (C=O) groups excluding carboxylic acids is 1. The molecule has 116 valence electrons. The first-order valence-electron chi connectivity index (χ1n) is 6.38. The van der Waals surface area contributed by atoms with Gasteiger partial charge >= 0.3 is 6.18 Å². The SMILES string of the molecule is Cc1nc(Cl)cc(N2CCCC2C(=O)NCC(F)(F)F)n1. The second-order valence-electron chi connectivity index (χ2n) is 4.78. The van der Waals surface area contributed by atoms with E-state index in [-0.39, 0.29) is 5.15 Å². The summed E-state index contributed by atoms with van der Waals surface area (Å²) >= 11 is 5.85. The van der Waals surface area contributed by atoms with Gasteiger partial charge in [0.2, 0.25) is 5.91 Å². The van der Waals surface area contributed by atoms with Crippen LogP contribution in [0, 0.1) is 6.92 Å². The number of nitrogens with zero attached hydrogens (tertiary/aromatic N) is 3. The minimum Gasteiger partial charge on any atom is -0.345 e. The van der Waals surface area contributed by atoms with Crippen LogP contribution in [-0.4, -0.2) is 41.2 Å². The van der Waals surface area contributed by atoms with Gasteiger partial charge in [-0.2, -0.15) is 13.2 Å². The number of amides is 1. The Bertz CT molecular complexity index is 517. The number of hydrogen-bond acceptors (Lipinski definition) is 4. The molecule has 0 spiro atoms. The lowest BCUT2D eigenvalue weighted by Gasteiger charge is -2.25. The maximum absolute atomic E-state index is 12.2. The minimum absolute atomic E-state index is 0.235. The van der Waals surface area contributed by atoms with Crippen molar-refractivity contribution in [3.63, 3.8) is 0 Å². The summed E-state index contributed by atoms with van der Waals surface area (Å²) in [4.78, 5) is 21.7. The summed E-state index contributed by atoms with van der Waals surface area (Å²) in [6.07, 6.45) is -3.25. The number of aryl methyl sites for hydroxylation is 1. The molecule has 21 heavy (non-hydrogen) atoms. The molecule has 0 bridgehead atoms. The Hall–Kier alpha value is -1.57. The molecule has 1 aliphatic rings. The molecule has 9 heteroatoms. The van der Waals surface area contributed by atoms with Crippen molar-refractivity contribution in [2.75, 3.05) is 18.0 Å². The number of aromatic nitrogens is 2. The summed E-state index contributed by atoms with van der Waals surface area (Å²) in [5, 5.41) is 2.15. The Morgan fingerprint density at radius 1 is 1.52 bits per heavy atom. The fourth-order valence-corrected chi connectivity index (χ4v) is 2.50. The Kier molecular flexibility index (Phi) is 4.55. The van der Waals surface area contributed by atoms with Crippen molar-refractivity contribution in [1.82, 2.24) is 15.3 Å². The van der Waals surface area contributed by atoms with E-state index in [1.165, 1.54) is 6.07 Å². The van der Waals surface area contributed by atoms with Crippen LogP contribution in [0.2, 0.25) is 5.15 Å². The predicted molar refractivity (Wildman–Crippen MR) is 71.2 cm³/mol. The van der Waals surface area contributed by atoms with Crippen LogP contribution >= 0.6 is 11.6 Å². The molecule has 5 nitrogen and oxygen atoms in total. The highest BCUT2D eigenvalue weighted by Gasteiger charge is 2.34. The number of hydrogen-bond donors (Lipinski definition) is 1. The van der Waals surface area contributed by atoms with E-state index in [0.29, 0.717) is 31.0 Å². The lowest BCUT2D eigenvalue weighted by Crippen LogP contribution is -2.46. The van der Waals surface area contributed by atoms with Gasteiger partial charge in [-0.3, -0.25) is 4.79 Å². The normalized spacial score (nSPS) is 18.9. The number of rotatable bonds is 3. The van der Waals surface area contributed by atoms with Gasteiger partial charge in [0.25, 0.3) is 0 Å². The second-order valence-corrected chi connectivity index (χ2v) is 5.17. The summed E-state index contributed by atoms with van der Waals surface area (Å²) < 4.78 is 36.5. The van der Waals surface area contributed by atoms with Gasteiger partial charge < -0.3 is 10.2 Å². The average Bonchev–Trinajstić information content (AvgIpc) is 2.83. The van der Waals surface area contributed by atoms with Gasteiger partial charge in [-0.25, -0.2) is 9.97 Å². The van der Waals surface area contributed by atoms with Gasteiger partial charge in [-0.1, -0.05) is 11.6 Å². The number of nitrogens with one attached hydrogen (secondary N) is 1. The standard InChI is InChI=1S/C12H14ClF3N4O/c1-7-18-9(13)5-10(19-7)20-4-2-3-8(20)11(21)17-6-12(14,15)16/h5,8H,2-4,6H2,1H3,(H,17,21). The van der Waals surface area contributed by atoms with Crippen LogP contribution < -0.4 is 10.2 Å². The lowest BCUT2D eigenvalue weighted by molar-refractivity contribution is -0.139. The third-order valence-electron chi connectivity index (χ3n) is 3.11. The molecule has 1 saturated heterocycles. The first-order chi connectivity index (χ1) is 9.76. The average molecular weight is 323 g/mol. The number of carbonyl (C=O) groups is 1. The van der Waals surface area contributed by atoms with Crippen molar-refractivity contribution in [2.45, 2.75) is 32.0 Å². The largest absolute Gasteiger partial charge is 0.405 e. The molecule has 1 fully saturated rings. The van der Waals surface area contributed by atoms with Crippen LogP contribution in [0.5, 0.6) is 0 Å². The molecule has 0 radical (unpaired) electrons. The maximum atomic E-state index is 12.2. The van der Waals surface area contributed by atoms with E-state index >= 15 is 0 Å². The zero-order valence-electron chi connectivity index (χ0n) is 11.2. The molecule has 1 aliphatic heterocycles. The van der Waals surface area contributed by atoms with Gasteiger partial charge in [-0.15, -0.1) is 0 Å². The molecule has 1 N–H and O–H groups in total. The van der Waals surface area contributed by atoms with Crippen LogP contribution in [-0.2, 0) is 4.79 Å². The Balaban J connectivity index is 2.11. The molecule has 1 aromatic heterocycles.